The average molecular weight is 209 g/mol. The van der Waals surface area contributed by atoms with Crippen LogP contribution in [0.15, 0.2) is 0 Å². The van der Waals surface area contributed by atoms with Crippen molar-refractivity contribution in [2.24, 2.45) is 23.5 Å². The Labute approximate surface area is 94.8 Å². The third kappa shape index (κ3) is 2.96. The van der Waals surface area contributed by atoms with E-state index in [1.807, 2.05) is 0 Å². The Balaban J connectivity index is 1.77. The minimum Gasteiger partial charge on any atom is -0.328 e. The summed E-state index contributed by atoms with van der Waals surface area (Å²) in [5.74, 6) is 2.96. The summed E-state index contributed by atoms with van der Waals surface area (Å²) < 4.78 is 0. The van der Waals surface area contributed by atoms with Gasteiger partial charge in [-0.05, 0) is 50.4 Å². The molecule has 0 bridgehead atoms. The Hall–Kier alpha value is -0.0400. The summed E-state index contributed by atoms with van der Waals surface area (Å²) in [6.07, 6.45) is 13.3. The van der Waals surface area contributed by atoms with E-state index in [2.05, 4.69) is 6.92 Å². The van der Waals surface area contributed by atoms with Gasteiger partial charge in [-0.1, -0.05) is 32.1 Å². The van der Waals surface area contributed by atoms with E-state index in [0.29, 0.717) is 6.04 Å². The smallest absolute Gasteiger partial charge is 0.00387 e. The van der Waals surface area contributed by atoms with Gasteiger partial charge in [-0.3, -0.25) is 0 Å². The second kappa shape index (κ2) is 5.34. The molecule has 0 amide bonds. The first-order valence-electron chi connectivity index (χ1n) is 7.03. The second-order valence-corrected chi connectivity index (χ2v) is 5.93. The highest BCUT2D eigenvalue weighted by atomic mass is 14.6. The van der Waals surface area contributed by atoms with Gasteiger partial charge >= 0.3 is 0 Å². The first-order chi connectivity index (χ1) is 7.27. The maximum atomic E-state index is 5.99. The van der Waals surface area contributed by atoms with Crippen LogP contribution in [0.3, 0.4) is 0 Å². The molecule has 0 aromatic carbocycles. The lowest BCUT2D eigenvalue weighted by Gasteiger charge is -2.37. The zero-order valence-electron chi connectivity index (χ0n) is 10.3. The van der Waals surface area contributed by atoms with E-state index in [1.54, 1.807) is 0 Å². The van der Waals surface area contributed by atoms with Crippen LogP contribution in [0.4, 0.5) is 0 Å². The molecule has 0 saturated heterocycles. The fraction of sp³-hybridized carbons (Fsp3) is 1.00. The molecule has 2 N–H and O–H groups in total. The molecule has 2 rings (SSSR count). The van der Waals surface area contributed by atoms with Crippen molar-refractivity contribution < 1.29 is 0 Å². The van der Waals surface area contributed by atoms with Crippen LogP contribution in [-0.4, -0.2) is 6.04 Å². The van der Waals surface area contributed by atoms with Crippen LogP contribution in [-0.2, 0) is 0 Å². The summed E-state index contributed by atoms with van der Waals surface area (Å²) in [5, 5.41) is 0. The van der Waals surface area contributed by atoms with E-state index in [4.69, 9.17) is 5.73 Å². The van der Waals surface area contributed by atoms with Gasteiger partial charge in [-0.25, -0.2) is 0 Å². The average Bonchev–Trinajstić information content (AvgIpc) is 2.30. The highest BCUT2D eigenvalue weighted by molar-refractivity contribution is 4.82. The van der Waals surface area contributed by atoms with E-state index < -0.39 is 0 Å². The summed E-state index contributed by atoms with van der Waals surface area (Å²) in [5.41, 5.74) is 5.99. The molecule has 1 unspecified atom stereocenters. The molecule has 0 radical (unpaired) electrons. The van der Waals surface area contributed by atoms with Crippen molar-refractivity contribution >= 4 is 0 Å². The quantitative estimate of drug-likeness (QED) is 0.737. The van der Waals surface area contributed by atoms with E-state index in [1.165, 1.54) is 57.8 Å². The Morgan fingerprint density at radius 3 is 1.87 bits per heavy atom. The molecule has 0 aliphatic heterocycles. The first-order valence-corrected chi connectivity index (χ1v) is 7.03. The standard InChI is InChI=1S/C14H27N/c1-11(15)12-7-9-14(10-8-12)13-5-3-2-4-6-13/h11-14H,2-10,15H2,1H3. The molecule has 1 atom stereocenters. The van der Waals surface area contributed by atoms with E-state index in [0.717, 1.165) is 17.8 Å². The third-order valence-electron chi connectivity index (χ3n) is 4.88. The minimum atomic E-state index is 0.428. The van der Waals surface area contributed by atoms with E-state index in [9.17, 15) is 0 Å². The monoisotopic (exact) mass is 209 g/mol. The lowest BCUT2D eigenvalue weighted by molar-refractivity contribution is 0.158. The van der Waals surface area contributed by atoms with Gasteiger partial charge in [0, 0.05) is 6.04 Å². The topological polar surface area (TPSA) is 26.0 Å². The van der Waals surface area contributed by atoms with Crippen molar-refractivity contribution in [2.75, 3.05) is 0 Å². The molecule has 0 aromatic heterocycles. The largest absolute Gasteiger partial charge is 0.328 e. The maximum absolute atomic E-state index is 5.99. The van der Waals surface area contributed by atoms with Crippen LogP contribution >= 0.6 is 0 Å². The molecule has 88 valence electrons. The predicted molar refractivity (Wildman–Crippen MR) is 65.7 cm³/mol. The van der Waals surface area contributed by atoms with Gasteiger partial charge in [0.1, 0.15) is 0 Å². The van der Waals surface area contributed by atoms with Gasteiger partial charge < -0.3 is 5.73 Å². The summed E-state index contributed by atoms with van der Waals surface area (Å²) in [6.45, 7) is 2.19. The molecular weight excluding hydrogens is 182 g/mol. The fourth-order valence-corrected chi connectivity index (χ4v) is 3.75. The second-order valence-electron chi connectivity index (χ2n) is 5.93. The zero-order chi connectivity index (χ0) is 10.7. The fourth-order valence-electron chi connectivity index (χ4n) is 3.75. The molecule has 15 heavy (non-hydrogen) atoms. The maximum Gasteiger partial charge on any atom is 0.00387 e. The molecule has 2 saturated carbocycles. The molecule has 1 nitrogen and oxygen atoms in total. The van der Waals surface area contributed by atoms with Crippen LogP contribution in [0.1, 0.15) is 64.7 Å². The summed E-state index contributed by atoms with van der Waals surface area (Å²) >= 11 is 0. The Morgan fingerprint density at radius 1 is 0.800 bits per heavy atom. The molecule has 2 aliphatic rings. The molecule has 2 aliphatic carbocycles. The van der Waals surface area contributed by atoms with Crippen LogP contribution < -0.4 is 5.73 Å². The number of hydrogen-bond donors (Lipinski definition) is 1. The Morgan fingerprint density at radius 2 is 1.33 bits per heavy atom. The third-order valence-corrected chi connectivity index (χ3v) is 4.88. The number of hydrogen-bond acceptors (Lipinski definition) is 1. The summed E-state index contributed by atoms with van der Waals surface area (Å²) in [7, 11) is 0. The van der Waals surface area contributed by atoms with Crippen LogP contribution in [0.25, 0.3) is 0 Å². The lowest BCUT2D eigenvalue weighted by Crippen LogP contribution is -2.32. The van der Waals surface area contributed by atoms with Crippen molar-refractivity contribution in [3.05, 3.63) is 0 Å². The highest BCUT2D eigenvalue weighted by Crippen LogP contribution is 2.40. The van der Waals surface area contributed by atoms with Gasteiger partial charge in [-0.2, -0.15) is 0 Å². The molecule has 0 aromatic rings. The first kappa shape index (κ1) is 11.4. The highest BCUT2D eigenvalue weighted by Gasteiger charge is 2.29. The van der Waals surface area contributed by atoms with Crippen molar-refractivity contribution in [1.29, 1.82) is 0 Å². The molecule has 2 fully saturated rings. The molecular formula is C14H27N. The predicted octanol–water partition coefficient (Wildman–Crippen LogP) is 3.72. The van der Waals surface area contributed by atoms with Gasteiger partial charge in [0.15, 0.2) is 0 Å². The van der Waals surface area contributed by atoms with Crippen molar-refractivity contribution in [3.8, 4) is 0 Å². The van der Waals surface area contributed by atoms with Gasteiger partial charge in [0.05, 0.1) is 0 Å². The van der Waals surface area contributed by atoms with Crippen molar-refractivity contribution in [2.45, 2.75) is 70.8 Å². The summed E-state index contributed by atoms with van der Waals surface area (Å²) in [6, 6.07) is 0.428. The van der Waals surface area contributed by atoms with Gasteiger partial charge in [0.2, 0.25) is 0 Å². The Kier molecular flexibility index (Phi) is 4.07. The minimum absolute atomic E-state index is 0.428. The SMILES string of the molecule is CC(N)C1CCC(C2CCCCC2)CC1. The van der Waals surface area contributed by atoms with Crippen LogP contribution in [0, 0.1) is 17.8 Å². The Bertz CT molecular complexity index is 174. The van der Waals surface area contributed by atoms with E-state index in [-0.39, 0.29) is 0 Å². The summed E-state index contributed by atoms with van der Waals surface area (Å²) in [4.78, 5) is 0. The normalized spacial score (nSPS) is 36.4. The molecule has 0 spiro atoms. The molecule has 1 heteroatoms. The lowest BCUT2D eigenvalue weighted by atomic mass is 9.70. The van der Waals surface area contributed by atoms with Crippen molar-refractivity contribution in [1.82, 2.24) is 0 Å². The number of nitrogens with two attached hydrogens (primary N) is 1. The number of rotatable bonds is 2. The van der Waals surface area contributed by atoms with Gasteiger partial charge in [0.25, 0.3) is 0 Å². The van der Waals surface area contributed by atoms with Gasteiger partial charge in [-0.15, -0.1) is 0 Å². The van der Waals surface area contributed by atoms with Crippen LogP contribution in [0.5, 0.6) is 0 Å². The molecule has 0 heterocycles. The van der Waals surface area contributed by atoms with Crippen molar-refractivity contribution in [3.63, 3.8) is 0 Å². The zero-order valence-corrected chi connectivity index (χ0v) is 10.3. The van der Waals surface area contributed by atoms with Crippen LogP contribution in [0.2, 0.25) is 0 Å². The van der Waals surface area contributed by atoms with E-state index >= 15 is 0 Å².